The van der Waals surface area contributed by atoms with Crippen LogP contribution < -0.4 is 5.32 Å². The summed E-state index contributed by atoms with van der Waals surface area (Å²) in [5, 5.41) is 2.48. The van der Waals surface area contributed by atoms with Gasteiger partial charge >= 0.3 is 5.97 Å². The maximum atomic E-state index is 11.0. The molecular weight excluding hydrogens is 210 g/mol. The van der Waals surface area contributed by atoms with Crippen molar-refractivity contribution in [3.8, 4) is 0 Å². The molecule has 1 unspecified atom stereocenters. The number of amides is 1. The number of rotatable bonds is 5. The van der Waals surface area contributed by atoms with Gasteiger partial charge in [-0.2, -0.15) is 25.3 Å². The quantitative estimate of drug-likeness (QED) is 0.450. The summed E-state index contributed by atoms with van der Waals surface area (Å²) < 4.78 is 4.46. The van der Waals surface area contributed by atoms with Gasteiger partial charge in [-0.25, -0.2) is 4.79 Å². The second-order valence-corrected chi connectivity index (χ2v) is 3.11. The van der Waals surface area contributed by atoms with Crippen LogP contribution in [-0.2, 0) is 14.3 Å². The third kappa shape index (κ3) is 5.05. The predicted octanol–water partition coefficient (Wildman–Crippen LogP) is -0.106. The average Bonchev–Trinajstić information content (AvgIpc) is 2.13. The first-order valence-electron chi connectivity index (χ1n) is 3.74. The first kappa shape index (κ1) is 12.6. The maximum absolute atomic E-state index is 11.0. The van der Waals surface area contributed by atoms with Crippen molar-refractivity contribution < 1.29 is 14.3 Å². The van der Waals surface area contributed by atoms with Gasteiger partial charge in [-0.1, -0.05) is 0 Å². The number of esters is 1. The molecule has 0 aromatic rings. The highest BCUT2D eigenvalue weighted by Gasteiger charge is 2.18. The Hall–Kier alpha value is -0.360. The van der Waals surface area contributed by atoms with Gasteiger partial charge in [0.05, 0.1) is 7.11 Å². The number of carbonyl (C=O) groups is 2. The van der Waals surface area contributed by atoms with Crippen molar-refractivity contribution >= 4 is 37.1 Å². The van der Waals surface area contributed by atoms with Crippen LogP contribution in [0.5, 0.6) is 0 Å². The molecule has 1 atom stereocenters. The van der Waals surface area contributed by atoms with Crippen molar-refractivity contribution in [3.63, 3.8) is 0 Å². The van der Waals surface area contributed by atoms with E-state index in [1.54, 1.807) is 0 Å². The van der Waals surface area contributed by atoms with E-state index in [0.29, 0.717) is 5.75 Å². The number of hydrogen-bond acceptors (Lipinski definition) is 5. The molecule has 0 saturated carbocycles. The fourth-order valence-electron chi connectivity index (χ4n) is 0.689. The summed E-state index contributed by atoms with van der Waals surface area (Å²) >= 11 is 7.81. The number of thiol groups is 2. The van der Waals surface area contributed by atoms with Gasteiger partial charge in [0, 0.05) is 12.2 Å². The molecule has 0 radical (unpaired) electrons. The molecule has 0 aromatic carbocycles. The molecule has 0 aliphatic carbocycles. The second-order valence-electron chi connectivity index (χ2n) is 2.30. The molecule has 13 heavy (non-hydrogen) atoms. The van der Waals surface area contributed by atoms with E-state index < -0.39 is 12.0 Å². The van der Waals surface area contributed by atoms with Gasteiger partial charge in [0.25, 0.3) is 0 Å². The average molecular weight is 223 g/mol. The Balaban J connectivity index is 3.97. The highest BCUT2D eigenvalue weighted by atomic mass is 32.1. The molecule has 4 nitrogen and oxygen atoms in total. The Morgan fingerprint density at radius 2 is 2.08 bits per heavy atom. The Kier molecular flexibility index (Phi) is 6.89. The summed E-state index contributed by atoms with van der Waals surface area (Å²) in [6, 6.07) is -0.666. The van der Waals surface area contributed by atoms with E-state index in [0.717, 1.165) is 0 Å². The van der Waals surface area contributed by atoms with Crippen LogP contribution in [0.3, 0.4) is 0 Å². The van der Waals surface area contributed by atoms with Gasteiger partial charge in [0.2, 0.25) is 5.91 Å². The molecule has 0 saturated heterocycles. The van der Waals surface area contributed by atoms with Crippen molar-refractivity contribution in [2.45, 2.75) is 12.5 Å². The van der Waals surface area contributed by atoms with E-state index in [4.69, 9.17) is 0 Å². The zero-order valence-corrected chi connectivity index (χ0v) is 9.11. The third-order valence-electron chi connectivity index (χ3n) is 1.34. The summed E-state index contributed by atoms with van der Waals surface area (Å²) in [5.41, 5.74) is 0. The number of carbonyl (C=O) groups excluding carboxylic acids is 2. The lowest BCUT2D eigenvalue weighted by atomic mass is 10.3. The lowest BCUT2D eigenvalue weighted by Gasteiger charge is -2.13. The topological polar surface area (TPSA) is 55.4 Å². The lowest BCUT2D eigenvalue weighted by molar-refractivity contribution is -0.144. The molecule has 0 aliphatic heterocycles. The number of nitrogens with one attached hydrogen (secondary N) is 1. The van der Waals surface area contributed by atoms with E-state index in [1.165, 1.54) is 7.11 Å². The maximum Gasteiger partial charge on any atom is 0.329 e. The third-order valence-corrected chi connectivity index (χ3v) is 1.93. The van der Waals surface area contributed by atoms with E-state index in [9.17, 15) is 9.59 Å². The summed E-state index contributed by atoms with van der Waals surface area (Å²) in [5.74, 6) is -0.0287. The Labute approximate surface area is 88.2 Å². The van der Waals surface area contributed by atoms with E-state index in [1.807, 2.05) is 0 Å². The van der Waals surface area contributed by atoms with Crippen LogP contribution in [-0.4, -0.2) is 36.5 Å². The van der Waals surface area contributed by atoms with Crippen LogP contribution in [0.15, 0.2) is 0 Å². The first-order valence-corrected chi connectivity index (χ1v) is 5.01. The van der Waals surface area contributed by atoms with Crippen LogP contribution in [0.2, 0.25) is 0 Å². The minimum atomic E-state index is -0.666. The smallest absolute Gasteiger partial charge is 0.329 e. The van der Waals surface area contributed by atoms with Gasteiger partial charge in [0.15, 0.2) is 0 Å². The SMILES string of the molecule is COC(=O)C(CS)NC(=O)CCS. The molecule has 1 amide bonds. The summed E-state index contributed by atoms with van der Waals surface area (Å²) in [4.78, 5) is 22.0. The van der Waals surface area contributed by atoms with Crippen molar-refractivity contribution in [2.75, 3.05) is 18.6 Å². The van der Waals surface area contributed by atoms with Gasteiger partial charge in [0.1, 0.15) is 6.04 Å². The standard InChI is InChI=1S/C7H13NO3S2/c1-11-7(10)5(4-13)8-6(9)2-3-12/h5,12-13H,2-4H2,1H3,(H,8,9). The van der Waals surface area contributed by atoms with Gasteiger partial charge in [-0.15, -0.1) is 0 Å². The molecular formula is C7H13NO3S2. The van der Waals surface area contributed by atoms with Crippen molar-refractivity contribution in [1.82, 2.24) is 5.32 Å². The molecule has 76 valence electrons. The summed E-state index contributed by atoms with van der Waals surface area (Å²) in [7, 11) is 1.27. The molecule has 0 heterocycles. The van der Waals surface area contributed by atoms with Crippen LogP contribution >= 0.6 is 25.3 Å². The second kappa shape index (κ2) is 7.08. The largest absolute Gasteiger partial charge is 0.467 e. The molecule has 1 N–H and O–H groups in total. The highest BCUT2D eigenvalue weighted by Crippen LogP contribution is 1.93. The summed E-state index contributed by atoms with van der Waals surface area (Å²) in [6.07, 6.45) is 0.282. The van der Waals surface area contributed by atoms with Gasteiger partial charge in [-0.3, -0.25) is 4.79 Å². The molecule has 0 bridgehead atoms. The van der Waals surface area contributed by atoms with Crippen molar-refractivity contribution in [2.24, 2.45) is 0 Å². The first-order chi connectivity index (χ1) is 6.15. The van der Waals surface area contributed by atoms with E-state index in [-0.39, 0.29) is 18.1 Å². The Morgan fingerprint density at radius 1 is 1.46 bits per heavy atom. The zero-order valence-electron chi connectivity index (χ0n) is 7.32. The monoisotopic (exact) mass is 223 g/mol. The van der Waals surface area contributed by atoms with Crippen LogP contribution in [0, 0.1) is 0 Å². The molecule has 0 spiro atoms. The van der Waals surface area contributed by atoms with Crippen molar-refractivity contribution in [3.05, 3.63) is 0 Å². The van der Waals surface area contributed by atoms with E-state index in [2.05, 4.69) is 35.3 Å². The highest BCUT2D eigenvalue weighted by molar-refractivity contribution is 7.80. The summed E-state index contributed by atoms with van der Waals surface area (Å²) in [6.45, 7) is 0. The van der Waals surface area contributed by atoms with Crippen LogP contribution in [0.4, 0.5) is 0 Å². The van der Waals surface area contributed by atoms with E-state index >= 15 is 0 Å². The zero-order chi connectivity index (χ0) is 10.3. The number of methoxy groups -OCH3 is 1. The lowest BCUT2D eigenvalue weighted by Crippen LogP contribution is -2.42. The van der Waals surface area contributed by atoms with Crippen LogP contribution in [0.1, 0.15) is 6.42 Å². The fourth-order valence-corrected chi connectivity index (χ4v) is 1.13. The molecule has 0 aliphatic rings. The fraction of sp³-hybridized carbons (Fsp3) is 0.714. The normalized spacial score (nSPS) is 11.9. The molecule has 0 fully saturated rings. The predicted molar refractivity (Wildman–Crippen MR) is 56.3 cm³/mol. The molecule has 0 rings (SSSR count). The number of hydrogen-bond donors (Lipinski definition) is 3. The van der Waals surface area contributed by atoms with Gasteiger partial charge < -0.3 is 10.1 Å². The number of ether oxygens (including phenoxy) is 1. The Bertz CT molecular complexity index is 187. The van der Waals surface area contributed by atoms with Crippen molar-refractivity contribution in [1.29, 1.82) is 0 Å². The van der Waals surface area contributed by atoms with Crippen LogP contribution in [0.25, 0.3) is 0 Å². The minimum Gasteiger partial charge on any atom is -0.467 e. The van der Waals surface area contributed by atoms with Gasteiger partial charge in [-0.05, 0) is 5.75 Å². The molecule has 6 heteroatoms. The molecule has 0 aromatic heterocycles. The minimum absolute atomic E-state index is 0.223. The Morgan fingerprint density at radius 3 is 2.46 bits per heavy atom.